The van der Waals surface area contributed by atoms with Gasteiger partial charge in [0.2, 0.25) is 5.91 Å². The molecular weight excluding hydrogens is 376 g/mol. The molecule has 28 heavy (non-hydrogen) atoms. The first-order chi connectivity index (χ1) is 13.5. The van der Waals surface area contributed by atoms with E-state index < -0.39 is 0 Å². The van der Waals surface area contributed by atoms with Gasteiger partial charge in [0, 0.05) is 10.6 Å². The van der Waals surface area contributed by atoms with Crippen LogP contribution in [0, 0.1) is 5.92 Å². The Bertz CT molecular complexity index is 862. The van der Waals surface area contributed by atoms with Gasteiger partial charge in [-0.05, 0) is 55.4 Å². The molecule has 1 aromatic heterocycles. The van der Waals surface area contributed by atoms with Crippen LogP contribution in [0.2, 0.25) is 0 Å². The number of hydrogen-bond donors (Lipinski definition) is 3. The summed E-state index contributed by atoms with van der Waals surface area (Å²) < 4.78 is 5.23. The Hall–Kier alpha value is -2.38. The predicted molar refractivity (Wildman–Crippen MR) is 111 cm³/mol. The van der Waals surface area contributed by atoms with E-state index in [9.17, 15) is 14.7 Å². The fraction of sp³-hybridized carbons (Fsp3) is 0.429. The number of aliphatic hydroxyl groups excluding tert-OH is 1. The molecule has 1 heterocycles. The van der Waals surface area contributed by atoms with Gasteiger partial charge in [0.05, 0.1) is 25.3 Å². The van der Waals surface area contributed by atoms with Gasteiger partial charge in [0.25, 0.3) is 0 Å². The Kier molecular flexibility index (Phi) is 6.70. The molecule has 3 N–H and O–H groups in total. The smallest absolute Gasteiger partial charge is 0.341 e. The van der Waals surface area contributed by atoms with Gasteiger partial charge in [0.15, 0.2) is 0 Å². The topological polar surface area (TPSA) is 87.7 Å². The van der Waals surface area contributed by atoms with Gasteiger partial charge in [-0.1, -0.05) is 19.1 Å². The molecule has 3 rings (SSSR count). The third-order valence-corrected chi connectivity index (χ3v) is 5.98. The second-order valence-corrected chi connectivity index (χ2v) is 8.14. The number of hydrogen-bond acceptors (Lipinski definition) is 6. The van der Waals surface area contributed by atoms with Crippen LogP contribution < -0.4 is 10.6 Å². The van der Waals surface area contributed by atoms with Gasteiger partial charge in [-0.2, -0.15) is 0 Å². The minimum absolute atomic E-state index is 0.0518. The monoisotopic (exact) mass is 402 g/mol. The number of fused-ring (bicyclic) bond motifs is 1. The number of ether oxygens (including phenoxy) is 1. The molecule has 0 aliphatic heterocycles. The number of aliphatic hydroxyl groups is 1. The molecule has 150 valence electrons. The van der Waals surface area contributed by atoms with Gasteiger partial charge >= 0.3 is 5.97 Å². The first-order valence-corrected chi connectivity index (χ1v) is 10.4. The van der Waals surface area contributed by atoms with Gasteiger partial charge in [-0.15, -0.1) is 11.3 Å². The molecule has 6 nitrogen and oxygen atoms in total. The number of thiophene rings is 1. The van der Waals surface area contributed by atoms with Crippen LogP contribution in [-0.4, -0.2) is 30.1 Å². The number of carbonyl (C=O) groups excluding carboxylic acids is 2. The van der Waals surface area contributed by atoms with E-state index in [0.717, 1.165) is 36.1 Å². The molecule has 1 amide bonds. The van der Waals surface area contributed by atoms with Crippen molar-refractivity contribution in [2.75, 3.05) is 23.8 Å². The normalized spacial score (nSPS) is 15.6. The van der Waals surface area contributed by atoms with E-state index in [1.165, 1.54) is 16.2 Å². The van der Waals surface area contributed by atoms with E-state index in [0.29, 0.717) is 23.1 Å². The Morgan fingerprint density at radius 1 is 1.36 bits per heavy atom. The van der Waals surface area contributed by atoms with Crippen LogP contribution in [-0.2, 0) is 29.0 Å². The lowest BCUT2D eigenvalue weighted by molar-refractivity contribution is -0.114. The van der Waals surface area contributed by atoms with Crippen molar-refractivity contribution in [1.29, 1.82) is 0 Å². The summed E-state index contributed by atoms with van der Waals surface area (Å²) in [5.74, 6) is -0.0229. The second-order valence-electron chi connectivity index (χ2n) is 7.04. The highest BCUT2D eigenvalue weighted by molar-refractivity contribution is 7.17. The molecule has 7 heteroatoms. The van der Waals surface area contributed by atoms with E-state index in [-0.39, 0.29) is 25.0 Å². The molecule has 2 aromatic rings. The third kappa shape index (κ3) is 4.72. The molecule has 0 saturated carbocycles. The van der Waals surface area contributed by atoms with Gasteiger partial charge in [-0.25, -0.2) is 4.79 Å². The van der Waals surface area contributed by atoms with Crippen LogP contribution in [0.25, 0.3) is 0 Å². The molecule has 1 atom stereocenters. The Morgan fingerprint density at radius 3 is 2.93 bits per heavy atom. The summed E-state index contributed by atoms with van der Waals surface area (Å²) in [7, 11) is 0. The average molecular weight is 403 g/mol. The Labute approximate surface area is 168 Å². The summed E-state index contributed by atoms with van der Waals surface area (Å²) >= 11 is 1.48. The van der Waals surface area contributed by atoms with Crippen LogP contribution in [0.5, 0.6) is 0 Å². The minimum atomic E-state index is -0.367. The fourth-order valence-corrected chi connectivity index (χ4v) is 4.81. The maximum atomic E-state index is 12.5. The lowest BCUT2D eigenvalue weighted by Crippen LogP contribution is -2.22. The van der Waals surface area contributed by atoms with Crippen LogP contribution in [0.3, 0.4) is 0 Å². The summed E-state index contributed by atoms with van der Waals surface area (Å²) in [5.41, 5.74) is 3.08. The summed E-state index contributed by atoms with van der Waals surface area (Å²) in [6.45, 7) is 4.30. The quantitative estimate of drug-likeness (QED) is 0.616. The summed E-state index contributed by atoms with van der Waals surface area (Å²) in [6, 6.07) is 7.26. The SMILES string of the molecule is CCOC(=O)c1c(NC(=O)CNc2cccc(CO)c2)sc2c1CCC(C)C2. The van der Waals surface area contributed by atoms with Crippen molar-refractivity contribution in [3.63, 3.8) is 0 Å². The lowest BCUT2D eigenvalue weighted by atomic mass is 9.88. The van der Waals surface area contributed by atoms with Crippen LogP contribution >= 0.6 is 11.3 Å². The van der Waals surface area contributed by atoms with E-state index in [1.807, 2.05) is 18.2 Å². The number of anilines is 2. The van der Waals surface area contributed by atoms with Gasteiger partial charge in [-0.3, -0.25) is 4.79 Å². The number of carbonyl (C=O) groups is 2. The van der Waals surface area contributed by atoms with Crippen molar-refractivity contribution < 1.29 is 19.4 Å². The molecule has 1 aliphatic rings. The van der Waals surface area contributed by atoms with E-state index in [4.69, 9.17) is 4.74 Å². The van der Waals surface area contributed by atoms with E-state index in [1.54, 1.807) is 13.0 Å². The highest BCUT2D eigenvalue weighted by atomic mass is 32.1. The molecule has 1 unspecified atom stereocenters. The van der Waals surface area contributed by atoms with Crippen molar-refractivity contribution in [2.24, 2.45) is 5.92 Å². The fourth-order valence-electron chi connectivity index (χ4n) is 3.39. The first-order valence-electron chi connectivity index (χ1n) is 9.57. The molecule has 1 aliphatic carbocycles. The third-order valence-electron chi connectivity index (χ3n) is 4.81. The molecular formula is C21H26N2O4S. The number of amides is 1. The van der Waals surface area contributed by atoms with Crippen molar-refractivity contribution in [2.45, 2.75) is 39.7 Å². The first kappa shape index (κ1) is 20.4. The van der Waals surface area contributed by atoms with Crippen molar-refractivity contribution >= 4 is 33.9 Å². The van der Waals surface area contributed by atoms with E-state index in [2.05, 4.69) is 17.6 Å². The van der Waals surface area contributed by atoms with E-state index >= 15 is 0 Å². The average Bonchev–Trinajstić information content (AvgIpc) is 3.03. The summed E-state index contributed by atoms with van der Waals surface area (Å²) in [5, 5.41) is 15.7. The maximum absolute atomic E-state index is 12.5. The number of benzene rings is 1. The number of rotatable bonds is 7. The van der Waals surface area contributed by atoms with Crippen molar-refractivity contribution in [3.05, 3.63) is 45.8 Å². The summed E-state index contributed by atoms with van der Waals surface area (Å²) in [6.07, 6.45) is 2.80. The molecule has 0 bridgehead atoms. The zero-order valence-corrected chi connectivity index (χ0v) is 17.0. The molecule has 0 fully saturated rings. The predicted octanol–water partition coefficient (Wildman–Crippen LogP) is 3.59. The molecule has 0 spiro atoms. The molecule has 0 radical (unpaired) electrons. The standard InChI is InChI=1S/C21H26N2O4S/c1-3-27-21(26)19-16-8-7-13(2)9-17(16)28-20(19)23-18(25)11-22-15-6-4-5-14(10-15)12-24/h4-6,10,13,22,24H,3,7-9,11-12H2,1-2H3,(H,23,25). The summed E-state index contributed by atoms with van der Waals surface area (Å²) in [4.78, 5) is 26.2. The maximum Gasteiger partial charge on any atom is 0.341 e. The zero-order valence-electron chi connectivity index (χ0n) is 16.2. The van der Waals surface area contributed by atoms with Crippen molar-refractivity contribution in [3.8, 4) is 0 Å². The highest BCUT2D eigenvalue weighted by Crippen LogP contribution is 2.40. The van der Waals surface area contributed by atoms with Crippen LogP contribution in [0.4, 0.5) is 10.7 Å². The van der Waals surface area contributed by atoms with Crippen molar-refractivity contribution in [1.82, 2.24) is 0 Å². The lowest BCUT2D eigenvalue weighted by Gasteiger charge is -2.18. The molecule has 0 saturated heterocycles. The van der Waals surface area contributed by atoms with Gasteiger partial charge < -0.3 is 20.5 Å². The minimum Gasteiger partial charge on any atom is -0.462 e. The number of nitrogens with one attached hydrogen (secondary N) is 2. The van der Waals surface area contributed by atoms with Crippen LogP contribution in [0.1, 0.15) is 46.6 Å². The van der Waals surface area contributed by atoms with Crippen LogP contribution in [0.15, 0.2) is 24.3 Å². The Balaban J connectivity index is 1.73. The van der Waals surface area contributed by atoms with Gasteiger partial charge in [0.1, 0.15) is 5.00 Å². The highest BCUT2D eigenvalue weighted by Gasteiger charge is 2.29. The zero-order chi connectivity index (χ0) is 20.1. The largest absolute Gasteiger partial charge is 0.462 e. The second kappa shape index (κ2) is 9.21. The molecule has 1 aromatic carbocycles. The Morgan fingerprint density at radius 2 is 2.18 bits per heavy atom. The number of esters is 1.